The molecule has 1 aromatic carbocycles. The maximum absolute atomic E-state index is 12.7. The molecule has 0 atom stereocenters. The van der Waals surface area contributed by atoms with E-state index in [1.165, 1.54) is 0 Å². The van der Waals surface area contributed by atoms with E-state index in [9.17, 15) is 4.79 Å². The van der Waals surface area contributed by atoms with Gasteiger partial charge in [-0.05, 0) is 56.0 Å². The summed E-state index contributed by atoms with van der Waals surface area (Å²) in [5, 5.41) is 3.29. The van der Waals surface area contributed by atoms with Gasteiger partial charge in [0.05, 0.1) is 24.1 Å². The third-order valence-corrected chi connectivity index (χ3v) is 4.51. The number of piperidine rings is 1. The summed E-state index contributed by atoms with van der Waals surface area (Å²) in [5.74, 6) is 1.61. The molecule has 1 saturated heterocycles. The van der Waals surface area contributed by atoms with Crippen LogP contribution in [0.1, 0.15) is 37.0 Å². The smallest absolute Gasteiger partial charge is 0.255 e. The number of pyridine rings is 1. The Morgan fingerprint density at radius 2 is 1.92 bits per heavy atom. The number of anilines is 2. The van der Waals surface area contributed by atoms with Crippen LogP contribution < -0.4 is 10.1 Å². The van der Waals surface area contributed by atoms with Gasteiger partial charge in [-0.3, -0.25) is 9.78 Å². The van der Waals surface area contributed by atoms with E-state index < -0.39 is 0 Å². The zero-order valence-electron chi connectivity index (χ0n) is 14.9. The zero-order valence-corrected chi connectivity index (χ0v) is 14.9. The lowest BCUT2D eigenvalue weighted by Crippen LogP contribution is -2.37. The van der Waals surface area contributed by atoms with E-state index in [-0.39, 0.29) is 5.91 Å². The highest BCUT2D eigenvalue weighted by molar-refractivity contribution is 5.95. The molecule has 1 aliphatic heterocycles. The molecule has 2 aromatic rings. The average Bonchev–Trinajstić information content (AvgIpc) is 2.64. The second-order valence-corrected chi connectivity index (χ2v) is 6.52. The summed E-state index contributed by atoms with van der Waals surface area (Å²) in [7, 11) is 0. The van der Waals surface area contributed by atoms with Crippen molar-refractivity contribution in [3.8, 4) is 5.75 Å². The summed E-state index contributed by atoms with van der Waals surface area (Å²) in [6.07, 6.45) is 5.52. The fourth-order valence-corrected chi connectivity index (χ4v) is 2.99. The van der Waals surface area contributed by atoms with Crippen LogP contribution in [0, 0.1) is 5.92 Å². The number of hydrogen-bond donors (Lipinski definition) is 1. The highest BCUT2D eigenvalue weighted by Crippen LogP contribution is 2.22. The lowest BCUT2D eigenvalue weighted by atomic mass is 9.99. The van der Waals surface area contributed by atoms with Gasteiger partial charge in [-0.1, -0.05) is 6.92 Å². The van der Waals surface area contributed by atoms with Crippen molar-refractivity contribution in [2.75, 3.05) is 25.0 Å². The van der Waals surface area contributed by atoms with E-state index in [0.29, 0.717) is 18.1 Å². The summed E-state index contributed by atoms with van der Waals surface area (Å²) in [6, 6.07) is 9.60. The molecule has 5 heteroatoms. The predicted octanol–water partition coefficient (Wildman–Crippen LogP) is 4.10. The maximum atomic E-state index is 12.7. The van der Waals surface area contributed by atoms with Crippen molar-refractivity contribution >= 4 is 17.3 Å². The van der Waals surface area contributed by atoms with E-state index in [1.54, 1.807) is 12.4 Å². The van der Waals surface area contributed by atoms with Crippen molar-refractivity contribution in [3.63, 3.8) is 0 Å². The van der Waals surface area contributed by atoms with E-state index >= 15 is 0 Å². The van der Waals surface area contributed by atoms with Gasteiger partial charge in [0, 0.05) is 25.0 Å². The monoisotopic (exact) mass is 339 g/mol. The van der Waals surface area contributed by atoms with Gasteiger partial charge >= 0.3 is 0 Å². The lowest BCUT2D eigenvalue weighted by Gasteiger charge is -2.30. The van der Waals surface area contributed by atoms with Crippen molar-refractivity contribution in [2.45, 2.75) is 26.7 Å². The fraction of sp³-hybridized carbons (Fsp3) is 0.400. The largest absolute Gasteiger partial charge is 0.494 e. The van der Waals surface area contributed by atoms with Gasteiger partial charge in [-0.2, -0.15) is 0 Å². The number of rotatable bonds is 5. The van der Waals surface area contributed by atoms with Crippen LogP contribution in [0.2, 0.25) is 0 Å². The van der Waals surface area contributed by atoms with Crippen LogP contribution >= 0.6 is 0 Å². The average molecular weight is 339 g/mol. The molecule has 3 rings (SSSR count). The molecule has 2 heterocycles. The van der Waals surface area contributed by atoms with Gasteiger partial charge in [0.1, 0.15) is 5.75 Å². The molecule has 0 saturated carbocycles. The fourth-order valence-electron chi connectivity index (χ4n) is 2.99. The van der Waals surface area contributed by atoms with Gasteiger partial charge < -0.3 is 15.0 Å². The Labute approximate surface area is 149 Å². The Hall–Kier alpha value is -2.56. The minimum absolute atomic E-state index is 0.0646. The van der Waals surface area contributed by atoms with E-state index in [1.807, 2.05) is 42.2 Å². The molecule has 0 unspecified atom stereocenters. The van der Waals surface area contributed by atoms with Crippen LogP contribution in [0.15, 0.2) is 42.7 Å². The van der Waals surface area contributed by atoms with Crippen LogP contribution in [0.5, 0.6) is 5.75 Å². The number of benzene rings is 1. The molecular formula is C20H25N3O2. The Kier molecular flexibility index (Phi) is 5.53. The third kappa shape index (κ3) is 4.50. The Morgan fingerprint density at radius 1 is 1.20 bits per heavy atom. The van der Waals surface area contributed by atoms with E-state index in [0.717, 1.165) is 43.1 Å². The van der Waals surface area contributed by atoms with Gasteiger partial charge in [0.2, 0.25) is 0 Å². The molecule has 0 bridgehead atoms. The first-order chi connectivity index (χ1) is 12.2. The van der Waals surface area contributed by atoms with Gasteiger partial charge in [-0.15, -0.1) is 0 Å². The highest BCUT2D eigenvalue weighted by atomic mass is 16.5. The first-order valence-corrected chi connectivity index (χ1v) is 8.90. The standard InChI is InChI=1S/C20H25N3O2/c1-3-25-19-6-4-17(5-7-19)22-18-12-16(13-21-14-18)20(24)23-10-8-15(2)9-11-23/h4-7,12-15,22H,3,8-11H2,1-2H3. The summed E-state index contributed by atoms with van der Waals surface area (Å²) < 4.78 is 5.45. The Morgan fingerprint density at radius 3 is 2.60 bits per heavy atom. The normalized spacial score (nSPS) is 15.0. The molecule has 1 aliphatic rings. The molecule has 1 fully saturated rings. The highest BCUT2D eigenvalue weighted by Gasteiger charge is 2.21. The number of carbonyl (C=O) groups is 1. The Bertz CT molecular complexity index is 707. The van der Waals surface area contributed by atoms with E-state index in [4.69, 9.17) is 4.74 Å². The molecular weight excluding hydrogens is 314 g/mol. The topological polar surface area (TPSA) is 54.5 Å². The van der Waals surface area contributed by atoms with Gasteiger partial charge in [-0.25, -0.2) is 0 Å². The number of aromatic nitrogens is 1. The molecule has 5 nitrogen and oxygen atoms in total. The summed E-state index contributed by atoms with van der Waals surface area (Å²) in [5.41, 5.74) is 2.37. The van der Waals surface area contributed by atoms with Gasteiger partial charge in [0.15, 0.2) is 0 Å². The molecule has 1 aromatic heterocycles. The summed E-state index contributed by atoms with van der Waals surface area (Å²) >= 11 is 0. The molecule has 0 spiro atoms. The predicted molar refractivity (Wildman–Crippen MR) is 99.4 cm³/mol. The second kappa shape index (κ2) is 8.01. The van der Waals surface area contributed by atoms with Gasteiger partial charge in [0.25, 0.3) is 5.91 Å². The van der Waals surface area contributed by atoms with Crippen LogP contribution in [0.3, 0.4) is 0 Å². The van der Waals surface area contributed by atoms with Crippen molar-refractivity contribution in [2.24, 2.45) is 5.92 Å². The number of likely N-dealkylation sites (tertiary alicyclic amines) is 1. The molecule has 132 valence electrons. The summed E-state index contributed by atoms with van der Waals surface area (Å²) in [6.45, 7) is 6.51. The number of nitrogens with zero attached hydrogens (tertiary/aromatic N) is 2. The lowest BCUT2D eigenvalue weighted by molar-refractivity contribution is 0.0697. The molecule has 0 aliphatic carbocycles. The van der Waals surface area contributed by atoms with Crippen LogP contribution in [-0.2, 0) is 0 Å². The first kappa shape index (κ1) is 17.3. The van der Waals surface area contributed by atoms with Crippen LogP contribution in [-0.4, -0.2) is 35.5 Å². The second-order valence-electron chi connectivity index (χ2n) is 6.52. The molecule has 1 amide bonds. The minimum Gasteiger partial charge on any atom is -0.494 e. The molecule has 25 heavy (non-hydrogen) atoms. The van der Waals surface area contributed by atoms with Crippen LogP contribution in [0.25, 0.3) is 0 Å². The number of ether oxygens (including phenoxy) is 1. The quantitative estimate of drug-likeness (QED) is 0.891. The SMILES string of the molecule is CCOc1ccc(Nc2cncc(C(=O)N3CCC(C)CC3)c2)cc1. The number of hydrogen-bond acceptors (Lipinski definition) is 4. The van der Waals surface area contributed by atoms with Crippen LogP contribution in [0.4, 0.5) is 11.4 Å². The number of nitrogens with one attached hydrogen (secondary N) is 1. The third-order valence-electron chi connectivity index (χ3n) is 4.51. The first-order valence-electron chi connectivity index (χ1n) is 8.90. The number of amides is 1. The van der Waals surface area contributed by atoms with Crippen molar-refractivity contribution in [1.82, 2.24) is 9.88 Å². The Balaban J connectivity index is 1.67. The zero-order chi connectivity index (χ0) is 17.6. The van der Waals surface area contributed by atoms with E-state index in [2.05, 4.69) is 17.2 Å². The minimum atomic E-state index is 0.0646. The van der Waals surface area contributed by atoms with Crippen molar-refractivity contribution in [1.29, 1.82) is 0 Å². The summed E-state index contributed by atoms with van der Waals surface area (Å²) in [4.78, 5) is 18.8. The molecule has 1 N–H and O–H groups in total. The van der Waals surface area contributed by atoms with Crippen molar-refractivity contribution in [3.05, 3.63) is 48.3 Å². The molecule has 0 radical (unpaired) electrons. The number of carbonyl (C=O) groups excluding carboxylic acids is 1. The maximum Gasteiger partial charge on any atom is 0.255 e. The van der Waals surface area contributed by atoms with Crippen molar-refractivity contribution < 1.29 is 9.53 Å².